The SMILES string of the molecule is Clc1cc(Br)ccc1CC(CBr)(CBr)Cc1ccccc1. The summed E-state index contributed by atoms with van der Waals surface area (Å²) in [6.45, 7) is 0. The average Bonchev–Trinajstić information content (AvgIpc) is 2.50. The van der Waals surface area contributed by atoms with Crippen molar-refractivity contribution in [2.45, 2.75) is 12.8 Å². The van der Waals surface area contributed by atoms with Gasteiger partial charge in [0.25, 0.3) is 0 Å². The number of alkyl halides is 2. The zero-order chi connectivity index (χ0) is 15.3. The molecule has 0 nitrogen and oxygen atoms in total. The Morgan fingerprint density at radius 2 is 1.57 bits per heavy atom. The zero-order valence-electron chi connectivity index (χ0n) is 11.5. The number of hydrogen-bond donors (Lipinski definition) is 0. The van der Waals surface area contributed by atoms with Crippen molar-refractivity contribution >= 4 is 59.4 Å². The third-order valence-electron chi connectivity index (χ3n) is 3.57. The van der Waals surface area contributed by atoms with Gasteiger partial charge in [-0.25, -0.2) is 0 Å². The van der Waals surface area contributed by atoms with Crippen molar-refractivity contribution in [1.29, 1.82) is 0 Å². The van der Waals surface area contributed by atoms with Crippen LogP contribution in [0.1, 0.15) is 11.1 Å². The molecule has 0 aliphatic rings. The fourth-order valence-electron chi connectivity index (χ4n) is 2.39. The van der Waals surface area contributed by atoms with Crippen LogP contribution in [-0.4, -0.2) is 10.7 Å². The molecule has 0 unspecified atom stereocenters. The quantitative estimate of drug-likeness (QED) is 0.393. The first-order valence-corrected chi connectivity index (χ1v) is 10.1. The molecule has 112 valence electrons. The minimum absolute atomic E-state index is 0.110. The molecule has 0 saturated heterocycles. The van der Waals surface area contributed by atoms with Gasteiger partial charge < -0.3 is 0 Å². The molecule has 0 atom stereocenters. The Labute approximate surface area is 156 Å². The van der Waals surface area contributed by atoms with E-state index in [0.29, 0.717) is 0 Å². The summed E-state index contributed by atoms with van der Waals surface area (Å²) in [5, 5.41) is 2.67. The Kier molecular flexibility index (Phi) is 6.79. The van der Waals surface area contributed by atoms with Gasteiger partial charge in [0, 0.05) is 20.2 Å². The van der Waals surface area contributed by atoms with Gasteiger partial charge in [0.15, 0.2) is 0 Å². The lowest BCUT2D eigenvalue weighted by Gasteiger charge is -2.31. The monoisotopic (exact) mass is 492 g/mol. The van der Waals surface area contributed by atoms with Gasteiger partial charge in [-0.2, -0.15) is 0 Å². The van der Waals surface area contributed by atoms with Crippen molar-refractivity contribution in [2.75, 3.05) is 10.7 Å². The highest BCUT2D eigenvalue weighted by Gasteiger charge is 2.29. The molecule has 2 rings (SSSR count). The van der Waals surface area contributed by atoms with Crippen molar-refractivity contribution in [1.82, 2.24) is 0 Å². The molecule has 2 aromatic rings. The largest absolute Gasteiger partial charge is 0.0921 e. The maximum Gasteiger partial charge on any atom is 0.0449 e. The summed E-state index contributed by atoms with van der Waals surface area (Å²) >= 11 is 17.3. The van der Waals surface area contributed by atoms with Crippen LogP contribution in [0.4, 0.5) is 0 Å². The van der Waals surface area contributed by atoms with E-state index in [9.17, 15) is 0 Å². The molecular weight excluding hydrogens is 479 g/mol. The van der Waals surface area contributed by atoms with E-state index < -0.39 is 0 Å². The fourth-order valence-corrected chi connectivity index (χ4v) is 4.85. The molecule has 0 saturated carbocycles. The summed E-state index contributed by atoms with van der Waals surface area (Å²) in [6, 6.07) is 16.7. The maximum atomic E-state index is 6.39. The summed E-state index contributed by atoms with van der Waals surface area (Å²) < 4.78 is 1.02. The summed E-state index contributed by atoms with van der Waals surface area (Å²) in [4.78, 5) is 0. The lowest BCUT2D eigenvalue weighted by molar-refractivity contribution is 0.386. The molecule has 4 heteroatoms. The molecule has 0 aromatic heterocycles. The third kappa shape index (κ3) is 4.82. The molecule has 0 radical (unpaired) electrons. The minimum atomic E-state index is 0.110. The summed E-state index contributed by atoms with van der Waals surface area (Å²) in [6.07, 6.45) is 1.95. The van der Waals surface area contributed by atoms with Gasteiger partial charge in [-0.3, -0.25) is 0 Å². The fraction of sp³-hybridized carbons (Fsp3) is 0.294. The minimum Gasteiger partial charge on any atom is -0.0921 e. The van der Waals surface area contributed by atoms with Gasteiger partial charge in [-0.15, -0.1) is 0 Å². The van der Waals surface area contributed by atoms with E-state index in [1.54, 1.807) is 0 Å². The first-order valence-electron chi connectivity index (χ1n) is 6.68. The highest BCUT2D eigenvalue weighted by atomic mass is 79.9. The molecule has 0 N–H and O–H groups in total. The Morgan fingerprint density at radius 1 is 0.905 bits per heavy atom. The van der Waals surface area contributed by atoms with Crippen LogP contribution < -0.4 is 0 Å². The second kappa shape index (κ2) is 8.14. The lowest BCUT2D eigenvalue weighted by Crippen LogP contribution is -2.30. The van der Waals surface area contributed by atoms with Crippen LogP contribution in [0, 0.1) is 5.41 Å². The lowest BCUT2D eigenvalue weighted by atomic mass is 9.80. The standard InChI is InChI=1S/C17H16Br3Cl/c18-11-17(12-19,9-13-4-2-1-3-5-13)10-14-6-7-15(20)8-16(14)21/h1-8H,9-12H2. The number of rotatable bonds is 6. The van der Waals surface area contributed by atoms with Crippen LogP contribution in [0.15, 0.2) is 53.0 Å². The average molecular weight is 495 g/mol. The Hall–Kier alpha value is 0.170. The molecule has 0 heterocycles. The molecule has 0 spiro atoms. The van der Waals surface area contributed by atoms with Gasteiger partial charge in [0.1, 0.15) is 0 Å². The van der Waals surface area contributed by atoms with Gasteiger partial charge >= 0.3 is 0 Å². The Bertz CT molecular complexity index is 580. The van der Waals surface area contributed by atoms with E-state index >= 15 is 0 Å². The van der Waals surface area contributed by atoms with E-state index in [2.05, 4.69) is 90.3 Å². The molecular formula is C17H16Br3Cl. The number of halogens is 4. The van der Waals surface area contributed by atoms with Crippen LogP contribution in [0.3, 0.4) is 0 Å². The van der Waals surface area contributed by atoms with Gasteiger partial charge in [0.05, 0.1) is 0 Å². The summed E-state index contributed by atoms with van der Waals surface area (Å²) in [7, 11) is 0. The van der Waals surface area contributed by atoms with Gasteiger partial charge in [0.2, 0.25) is 0 Å². The molecule has 21 heavy (non-hydrogen) atoms. The second-order valence-corrected chi connectivity index (χ2v) is 7.79. The number of benzene rings is 2. The Morgan fingerprint density at radius 3 is 2.14 bits per heavy atom. The van der Waals surface area contributed by atoms with E-state index in [-0.39, 0.29) is 5.41 Å². The first kappa shape index (κ1) is 17.5. The van der Waals surface area contributed by atoms with Crippen molar-refractivity contribution in [3.05, 3.63) is 69.2 Å². The van der Waals surface area contributed by atoms with Crippen LogP contribution >= 0.6 is 59.4 Å². The molecule has 0 fully saturated rings. The third-order valence-corrected chi connectivity index (χ3v) is 6.79. The zero-order valence-corrected chi connectivity index (χ0v) is 17.0. The smallest absolute Gasteiger partial charge is 0.0449 e. The van der Waals surface area contributed by atoms with Crippen molar-refractivity contribution < 1.29 is 0 Å². The highest BCUT2D eigenvalue weighted by molar-refractivity contribution is 9.10. The molecule has 2 aromatic carbocycles. The highest BCUT2D eigenvalue weighted by Crippen LogP contribution is 2.35. The van der Waals surface area contributed by atoms with Crippen molar-refractivity contribution in [3.8, 4) is 0 Å². The first-order chi connectivity index (χ1) is 10.1. The predicted octanol–water partition coefficient (Wildman–Crippen LogP) is 6.66. The number of hydrogen-bond acceptors (Lipinski definition) is 0. The van der Waals surface area contributed by atoms with Gasteiger partial charge in [-0.05, 0) is 41.5 Å². The topological polar surface area (TPSA) is 0 Å². The van der Waals surface area contributed by atoms with E-state index in [4.69, 9.17) is 11.6 Å². The summed E-state index contributed by atoms with van der Waals surface area (Å²) in [5.41, 5.74) is 2.65. The summed E-state index contributed by atoms with van der Waals surface area (Å²) in [5.74, 6) is 0. The Balaban J connectivity index is 2.25. The van der Waals surface area contributed by atoms with Gasteiger partial charge in [-0.1, -0.05) is 95.8 Å². The van der Waals surface area contributed by atoms with E-state index in [1.807, 2.05) is 6.07 Å². The molecule has 0 bridgehead atoms. The van der Waals surface area contributed by atoms with Crippen molar-refractivity contribution in [2.24, 2.45) is 5.41 Å². The molecule has 0 aliphatic heterocycles. The molecule has 0 aliphatic carbocycles. The maximum absolute atomic E-state index is 6.39. The van der Waals surface area contributed by atoms with Crippen molar-refractivity contribution in [3.63, 3.8) is 0 Å². The van der Waals surface area contributed by atoms with Crippen LogP contribution in [0.25, 0.3) is 0 Å². The van der Waals surface area contributed by atoms with E-state index in [0.717, 1.165) is 33.0 Å². The predicted molar refractivity (Wildman–Crippen MR) is 103 cm³/mol. The van der Waals surface area contributed by atoms with Crippen LogP contribution in [0.2, 0.25) is 5.02 Å². The second-order valence-electron chi connectivity index (χ2n) is 5.34. The van der Waals surface area contributed by atoms with Crippen LogP contribution in [0.5, 0.6) is 0 Å². The normalized spacial score (nSPS) is 11.6. The molecule has 0 amide bonds. The van der Waals surface area contributed by atoms with Crippen LogP contribution in [-0.2, 0) is 12.8 Å². The van der Waals surface area contributed by atoms with E-state index in [1.165, 1.54) is 11.1 Å².